The minimum Gasteiger partial charge on any atom is -0.425 e. The number of nitrogens with two attached hydrogens (primary N) is 1. The highest BCUT2D eigenvalue weighted by Gasteiger charge is 2.41. The molecule has 5 rings (SSSR count). The Morgan fingerprint density at radius 3 is 2.59 bits per heavy atom. The van der Waals surface area contributed by atoms with E-state index in [1.807, 2.05) is 55.0 Å². The Kier molecular flexibility index (Phi) is 8.96. The number of carbonyl (C=O) groups is 1. The zero-order valence-electron chi connectivity index (χ0n) is 24.6. The number of aromatic nitrogens is 4. The van der Waals surface area contributed by atoms with Gasteiger partial charge in [-0.1, -0.05) is 31.2 Å². The number of aliphatic hydroxyl groups is 1. The van der Waals surface area contributed by atoms with Crippen LogP contribution < -0.4 is 15.0 Å². The van der Waals surface area contributed by atoms with Crippen molar-refractivity contribution in [2.24, 2.45) is 5.73 Å². The van der Waals surface area contributed by atoms with Crippen molar-refractivity contribution in [3.63, 3.8) is 0 Å². The molecule has 3 N–H and O–H groups in total. The van der Waals surface area contributed by atoms with Crippen molar-refractivity contribution < 1.29 is 23.6 Å². The van der Waals surface area contributed by atoms with Gasteiger partial charge in [0.15, 0.2) is 0 Å². The summed E-state index contributed by atoms with van der Waals surface area (Å²) >= 11 is 1.41. The Morgan fingerprint density at radius 1 is 1.20 bits per heavy atom. The molecule has 3 aromatic carbocycles. The van der Waals surface area contributed by atoms with Crippen LogP contribution in [0.3, 0.4) is 0 Å². The van der Waals surface area contributed by atoms with Crippen LogP contribution in [0.2, 0.25) is 0 Å². The maximum absolute atomic E-state index is 14.4. The van der Waals surface area contributed by atoms with Crippen molar-refractivity contribution >= 4 is 17.3 Å². The molecule has 224 valence electrons. The minimum atomic E-state index is -1.55. The van der Waals surface area contributed by atoms with E-state index < -0.39 is 23.3 Å². The standard InChI is InChI=1S/C33H32FN6O3S/c1-21-11-25(12-22(2)31(21)43-30(41)15-36)16-39-19-37-40(20-39)18-33(42,27-5-4-6-28(34)13-27)23(3)32-38-29(17-44-32)26-9-7-24(14-35)8-10-26/h4-13,17,19-20,23,42H,15-16,18,36H2,1-3H3/q+1/t23-,33+/m0/s1. The quantitative estimate of drug-likeness (QED) is 0.135. The van der Waals surface area contributed by atoms with Crippen LogP contribution in [0.25, 0.3) is 11.3 Å². The number of halogens is 1. The fraction of sp³-hybridized carbons (Fsp3) is 0.242. The number of hydrogen-bond acceptors (Lipinski definition) is 8. The molecule has 0 spiro atoms. The Balaban J connectivity index is 1.41. The van der Waals surface area contributed by atoms with Gasteiger partial charge in [0.2, 0.25) is 6.33 Å². The zero-order valence-corrected chi connectivity index (χ0v) is 25.4. The molecule has 0 fully saturated rings. The summed E-state index contributed by atoms with van der Waals surface area (Å²) in [4.78, 5) is 16.5. The van der Waals surface area contributed by atoms with E-state index in [-0.39, 0.29) is 13.1 Å². The highest BCUT2D eigenvalue weighted by molar-refractivity contribution is 7.10. The molecule has 9 nitrogen and oxygen atoms in total. The summed E-state index contributed by atoms with van der Waals surface area (Å²) < 4.78 is 23.3. The van der Waals surface area contributed by atoms with Crippen LogP contribution >= 0.6 is 11.3 Å². The molecule has 2 aromatic heterocycles. The van der Waals surface area contributed by atoms with Gasteiger partial charge in [0.25, 0.3) is 6.33 Å². The lowest BCUT2D eigenvalue weighted by Crippen LogP contribution is -2.38. The number of ether oxygens (including phenoxy) is 1. The van der Waals surface area contributed by atoms with E-state index in [0.717, 1.165) is 27.9 Å². The SMILES string of the molecule is Cc1cc(C[n+]2cnn(C[C@](O)(c3cccc(F)c3)[C@@H](C)c3nc(-c4ccc(C#N)cc4)cs3)c2)cc(C)c1OC(=O)CN. The van der Waals surface area contributed by atoms with Gasteiger partial charge in [-0.25, -0.2) is 13.9 Å². The molecule has 0 amide bonds. The molecule has 0 aliphatic carbocycles. The predicted molar refractivity (Wildman–Crippen MR) is 163 cm³/mol. The second-order valence-corrected chi connectivity index (χ2v) is 11.7. The first-order valence-electron chi connectivity index (χ1n) is 14.0. The topological polar surface area (TPSA) is 131 Å². The van der Waals surface area contributed by atoms with E-state index in [0.29, 0.717) is 28.4 Å². The van der Waals surface area contributed by atoms with Crippen LogP contribution in [-0.2, 0) is 23.5 Å². The maximum Gasteiger partial charge on any atom is 0.325 e. The van der Waals surface area contributed by atoms with Gasteiger partial charge in [-0.3, -0.25) is 4.79 Å². The molecule has 0 unspecified atom stereocenters. The third-order valence-corrected chi connectivity index (χ3v) is 8.57. The first-order chi connectivity index (χ1) is 21.1. The predicted octanol–water partition coefficient (Wildman–Crippen LogP) is 4.53. The summed E-state index contributed by atoms with van der Waals surface area (Å²) in [6, 6.07) is 19.1. The van der Waals surface area contributed by atoms with Crippen molar-refractivity contribution in [1.29, 1.82) is 5.26 Å². The number of aryl methyl sites for hydroxylation is 2. The molecular weight excluding hydrogens is 579 g/mol. The maximum atomic E-state index is 14.4. The van der Waals surface area contributed by atoms with Crippen LogP contribution in [0.4, 0.5) is 4.39 Å². The van der Waals surface area contributed by atoms with Gasteiger partial charge in [-0.15, -0.1) is 16.0 Å². The average Bonchev–Trinajstić information content (AvgIpc) is 3.68. The number of benzene rings is 3. The van der Waals surface area contributed by atoms with Crippen molar-refractivity contribution in [2.45, 2.75) is 45.4 Å². The molecule has 0 aliphatic heterocycles. The van der Waals surface area contributed by atoms with E-state index in [9.17, 15) is 14.3 Å². The number of esters is 1. The molecule has 0 radical (unpaired) electrons. The summed E-state index contributed by atoms with van der Waals surface area (Å²) in [6.07, 6.45) is 3.45. The van der Waals surface area contributed by atoms with Gasteiger partial charge in [-0.05, 0) is 72.5 Å². The van der Waals surface area contributed by atoms with E-state index in [1.165, 1.54) is 23.5 Å². The van der Waals surface area contributed by atoms with Crippen molar-refractivity contribution in [1.82, 2.24) is 14.8 Å². The van der Waals surface area contributed by atoms with Gasteiger partial charge in [0.1, 0.15) is 23.7 Å². The van der Waals surface area contributed by atoms with Crippen LogP contribution in [0.5, 0.6) is 5.75 Å². The Bertz CT molecular complexity index is 1820. The van der Waals surface area contributed by atoms with E-state index in [1.54, 1.807) is 41.6 Å². The van der Waals surface area contributed by atoms with Crippen molar-refractivity contribution in [3.8, 4) is 23.1 Å². The first-order valence-corrected chi connectivity index (χ1v) is 14.8. The van der Waals surface area contributed by atoms with E-state index in [4.69, 9.17) is 20.7 Å². The highest BCUT2D eigenvalue weighted by Crippen LogP contribution is 2.40. The number of nitriles is 1. The smallest absolute Gasteiger partial charge is 0.325 e. The Morgan fingerprint density at radius 2 is 1.93 bits per heavy atom. The highest BCUT2D eigenvalue weighted by atomic mass is 32.1. The molecule has 0 saturated heterocycles. The third-order valence-electron chi connectivity index (χ3n) is 7.54. The minimum absolute atomic E-state index is 0.0441. The fourth-order valence-electron chi connectivity index (χ4n) is 5.21. The Hall–Kier alpha value is -4.76. The molecular formula is C33H32FN6O3S+. The van der Waals surface area contributed by atoms with E-state index >= 15 is 0 Å². The summed E-state index contributed by atoms with van der Waals surface area (Å²) in [6.45, 7) is 5.94. The summed E-state index contributed by atoms with van der Waals surface area (Å²) in [5.41, 5.74) is 9.01. The lowest BCUT2D eigenvalue weighted by molar-refractivity contribution is -0.689. The van der Waals surface area contributed by atoms with Crippen LogP contribution in [0, 0.1) is 31.0 Å². The molecule has 0 bridgehead atoms. The van der Waals surface area contributed by atoms with Gasteiger partial charge in [-0.2, -0.15) is 5.26 Å². The van der Waals surface area contributed by atoms with Gasteiger partial charge in [0, 0.05) is 22.0 Å². The number of rotatable bonds is 10. The second kappa shape index (κ2) is 12.9. The van der Waals surface area contributed by atoms with E-state index in [2.05, 4.69) is 11.2 Å². The average molecular weight is 612 g/mol. The number of thiazole rings is 1. The monoisotopic (exact) mass is 611 g/mol. The third kappa shape index (κ3) is 6.58. The Labute approximate surface area is 258 Å². The molecule has 2 heterocycles. The molecule has 0 aliphatic rings. The number of hydrogen-bond donors (Lipinski definition) is 2. The van der Waals surface area contributed by atoms with Crippen molar-refractivity contribution in [3.05, 3.63) is 117 Å². The molecule has 11 heteroatoms. The summed E-state index contributed by atoms with van der Waals surface area (Å²) in [7, 11) is 0. The summed E-state index contributed by atoms with van der Waals surface area (Å²) in [5, 5.41) is 28.5. The fourth-order valence-corrected chi connectivity index (χ4v) is 6.18. The van der Waals surface area contributed by atoms with Crippen LogP contribution in [0.15, 0.2) is 78.7 Å². The lowest BCUT2D eigenvalue weighted by atomic mass is 9.82. The number of nitrogens with zero attached hydrogens (tertiary/aromatic N) is 5. The van der Waals surface area contributed by atoms with Gasteiger partial charge < -0.3 is 15.6 Å². The first kappa shape index (κ1) is 30.7. The van der Waals surface area contributed by atoms with Crippen molar-refractivity contribution in [2.75, 3.05) is 6.54 Å². The molecule has 2 atom stereocenters. The molecule has 44 heavy (non-hydrogen) atoms. The number of carbonyl (C=O) groups excluding carboxylic acids is 1. The van der Waals surface area contributed by atoms with Gasteiger partial charge in [0.05, 0.1) is 35.4 Å². The second-order valence-electron chi connectivity index (χ2n) is 10.8. The zero-order chi connectivity index (χ0) is 31.4. The summed E-state index contributed by atoms with van der Waals surface area (Å²) in [5.74, 6) is -0.966. The largest absolute Gasteiger partial charge is 0.425 e. The van der Waals surface area contributed by atoms with Gasteiger partial charge >= 0.3 is 5.97 Å². The van der Waals surface area contributed by atoms with Crippen LogP contribution in [-0.4, -0.2) is 32.4 Å². The normalized spacial score (nSPS) is 13.2. The van der Waals surface area contributed by atoms with Crippen LogP contribution in [0.1, 0.15) is 45.7 Å². The lowest BCUT2D eigenvalue weighted by Gasteiger charge is -2.31. The molecule has 0 saturated carbocycles. The molecule has 5 aromatic rings.